The van der Waals surface area contributed by atoms with E-state index < -0.39 is 18.9 Å². The van der Waals surface area contributed by atoms with Crippen LogP contribution in [-0.4, -0.2) is 43.8 Å². The molecule has 0 aliphatic carbocycles. The largest absolute Gasteiger partial charge is 0.365 e. The Morgan fingerprint density at radius 2 is 2.07 bits per heavy atom. The van der Waals surface area contributed by atoms with Gasteiger partial charge in [0.15, 0.2) is 0 Å². The van der Waals surface area contributed by atoms with Crippen LogP contribution in [0.15, 0.2) is 40.7 Å². The minimum atomic E-state index is -1.11. The summed E-state index contributed by atoms with van der Waals surface area (Å²) < 4.78 is 5.72. The van der Waals surface area contributed by atoms with Crippen molar-refractivity contribution in [3.8, 4) is 10.4 Å². The summed E-state index contributed by atoms with van der Waals surface area (Å²) in [6.07, 6.45) is 0. The smallest absolute Gasteiger partial charge is 0.337 e. The molecule has 2 heterocycles. The summed E-state index contributed by atoms with van der Waals surface area (Å²) in [5.74, 6) is -0.806. The van der Waals surface area contributed by atoms with Crippen LogP contribution in [0.1, 0.15) is 22.0 Å². The van der Waals surface area contributed by atoms with Gasteiger partial charge in [-0.05, 0) is 23.2 Å². The van der Waals surface area contributed by atoms with Gasteiger partial charge in [0.05, 0.1) is 11.5 Å². The molecule has 3 rings (SSSR count). The number of nitrogens with zero attached hydrogens (tertiary/aromatic N) is 4. The molecule has 1 aliphatic heterocycles. The van der Waals surface area contributed by atoms with Gasteiger partial charge in [-0.15, -0.1) is 0 Å². The Bertz CT molecular complexity index is 923. The summed E-state index contributed by atoms with van der Waals surface area (Å²) in [6.45, 7) is 8.75. The van der Waals surface area contributed by atoms with Gasteiger partial charge in [0.25, 0.3) is 5.91 Å². The van der Waals surface area contributed by atoms with E-state index in [1.807, 2.05) is 29.3 Å². The van der Waals surface area contributed by atoms with Crippen LogP contribution in [-0.2, 0) is 4.74 Å². The van der Waals surface area contributed by atoms with Crippen LogP contribution in [0.3, 0.4) is 0 Å². The highest BCUT2D eigenvalue weighted by atomic mass is 32.1. The molecule has 1 atom stereocenters. The molecule has 30 heavy (non-hydrogen) atoms. The zero-order valence-electron chi connectivity index (χ0n) is 17.2. The van der Waals surface area contributed by atoms with Crippen LogP contribution in [0.5, 0.6) is 0 Å². The second-order valence-electron chi connectivity index (χ2n) is 8.33. The molecular formula is C19H25N5O4SSi. The minimum absolute atomic E-state index is 0.0709. The van der Waals surface area contributed by atoms with Gasteiger partial charge < -0.3 is 10.5 Å². The van der Waals surface area contributed by atoms with E-state index in [0.29, 0.717) is 18.2 Å². The predicted molar refractivity (Wildman–Crippen MR) is 118 cm³/mol. The highest BCUT2D eigenvalue weighted by Gasteiger charge is 2.25. The summed E-state index contributed by atoms with van der Waals surface area (Å²) in [4.78, 5) is 22.6. The van der Waals surface area contributed by atoms with Gasteiger partial charge in [0, 0.05) is 19.6 Å². The quantitative estimate of drug-likeness (QED) is 0.263. The number of carbonyl (C=O) groups excluding carboxylic acids is 1. The van der Waals surface area contributed by atoms with Crippen LogP contribution in [0.4, 0.5) is 5.00 Å². The van der Waals surface area contributed by atoms with Crippen LogP contribution in [0, 0.1) is 10.1 Å². The van der Waals surface area contributed by atoms with E-state index >= 15 is 0 Å². The molecule has 0 spiro atoms. The van der Waals surface area contributed by atoms with Gasteiger partial charge in [0.1, 0.15) is 18.3 Å². The molecule has 0 saturated heterocycles. The molecule has 0 bridgehead atoms. The maximum atomic E-state index is 11.5. The van der Waals surface area contributed by atoms with Crippen molar-refractivity contribution in [1.29, 1.82) is 0 Å². The first-order valence-electron chi connectivity index (χ1n) is 9.56. The Morgan fingerprint density at radius 3 is 2.63 bits per heavy atom. The predicted octanol–water partition coefficient (Wildman–Crippen LogP) is 4.46. The van der Waals surface area contributed by atoms with Crippen LogP contribution >= 0.6 is 11.3 Å². The lowest BCUT2D eigenvalue weighted by Gasteiger charge is -2.18. The van der Waals surface area contributed by atoms with Crippen molar-refractivity contribution in [1.82, 2.24) is 5.01 Å². The lowest BCUT2D eigenvalue weighted by atomic mass is 10.0. The molecule has 0 saturated carbocycles. The van der Waals surface area contributed by atoms with E-state index in [9.17, 15) is 14.9 Å². The van der Waals surface area contributed by atoms with Crippen molar-refractivity contribution < 1.29 is 14.5 Å². The van der Waals surface area contributed by atoms with E-state index in [0.717, 1.165) is 35.1 Å². The molecule has 1 amide bonds. The highest BCUT2D eigenvalue weighted by Crippen LogP contribution is 2.37. The molecule has 1 aromatic carbocycles. The molecule has 0 fully saturated rings. The fraction of sp³-hybridized carbons (Fsp3) is 0.421. The number of rotatable bonds is 9. The van der Waals surface area contributed by atoms with Crippen molar-refractivity contribution in [2.45, 2.75) is 31.7 Å². The zero-order valence-corrected chi connectivity index (χ0v) is 19.0. The summed E-state index contributed by atoms with van der Waals surface area (Å²) >= 11 is 0.937. The summed E-state index contributed by atoms with van der Waals surface area (Å²) in [7, 11) is -1.11. The number of hydrogen-bond donors (Lipinski definition) is 1. The fourth-order valence-corrected chi connectivity index (χ4v) is 4.65. The summed E-state index contributed by atoms with van der Waals surface area (Å²) in [5.41, 5.74) is 6.96. The molecule has 1 aromatic heterocycles. The van der Waals surface area contributed by atoms with Crippen molar-refractivity contribution in [2.75, 3.05) is 19.9 Å². The van der Waals surface area contributed by atoms with Crippen molar-refractivity contribution >= 4 is 30.3 Å². The highest BCUT2D eigenvalue weighted by molar-refractivity contribution is 7.19. The van der Waals surface area contributed by atoms with Crippen LogP contribution in [0.2, 0.25) is 25.7 Å². The normalized spacial score (nSPS) is 16.2. The molecule has 1 aliphatic rings. The van der Waals surface area contributed by atoms with Gasteiger partial charge in [-0.2, -0.15) is 5.11 Å². The fourth-order valence-electron chi connectivity index (χ4n) is 2.91. The van der Waals surface area contributed by atoms with Gasteiger partial charge >= 0.3 is 5.00 Å². The molecule has 11 heteroatoms. The Hall–Kier alpha value is -2.63. The van der Waals surface area contributed by atoms with Crippen molar-refractivity contribution in [3.05, 3.63) is 51.6 Å². The molecule has 160 valence electrons. The van der Waals surface area contributed by atoms with Gasteiger partial charge in [-0.1, -0.05) is 60.5 Å². The second kappa shape index (κ2) is 9.02. The number of benzene rings is 1. The Balaban J connectivity index is 1.60. The van der Waals surface area contributed by atoms with Crippen molar-refractivity contribution in [3.63, 3.8) is 0 Å². The monoisotopic (exact) mass is 447 g/mol. The Labute approximate surface area is 179 Å². The topological polar surface area (TPSA) is 123 Å². The third-order valence-electron chi connectivity index (χ3n) is 4.66. The lowest BCUT2D eigenvalue weighted by molar-refractivity contribution is -0.380. The van der Waals surface area contributed by atoms with E-state index in [1.54, 1.807) is 0 Å². The molecule has 2 aromatic rings. The number of primary amides is 1. The summed E-state index contributed by atoms with van der Waals surface area (Å²) in [5, 5.41) is 21.2. The molecule has 0 radical (unpaired) electrons. The average Bonchev–Trinajstić information content (AvgIpc) is 3.32. The second-order valence-corrected chi connectivity index (χ2v) is 15.0. The maximum absolute atomic E-state index is 11.5. The summed E-state index contributed by atoms with van der Waals surface area (Å²) in [6, 6.07) is 10.1. The van der Waals surface area contributed by atoms with E-state index in [1.165, 1.54) is 6.07 Å². The number of amides is 1. The van der Waals surface area contributed by atoms with E-state index in [2.05, 4.69) is 30.0 Å². The van der Waals surface area contributed by atoms with Gasteiger partial charge in [-0.25, -0.2) is 0 Å². The Morgan fingerprint density at radius 1 is 1.37 bits per heavy atom. The number of nitrogens with two attached hydrogens (primary N) is 1. The molecular weight excluding hydrogens is 422 g/mol. The average molecular weight is 448 g/mol. The number of ether oxygens (including phenoxy) is 1. The Kier molecular flexibility index (Phi) is 6.63. The number of carbonyl (C=O) groups is 1. The zero-order chi connectivity index (χ0) is 21.9. The van der Waals surface area contributed by atoms with Crippen LogP contribution in [0.25, 0.3) is 10.4 Å². The maximum Gasteiger partial charge on any atom is 0.337 e. The van der Waals surface area contributed by atoms with E-state index in [-0.39, 0.29) is 16.6 Å². The van der Waals surface area contributed by atoms with Crippen molar-refractivity contribution in [2.24, 2.45) is 16.1 Å². The number of hydrogen-bond acceptors (Lipinski definition) is 8. The van der Waals surface area contributed by atoms with Gasteiger partial charge in [-0.3, -0.25) is 19.9 Å². The first-order chi connectivity index (χ1) is 14.1. The lowest BCUT2D eigenvalue weighted by Crippen LogP contribution is -2.25. The minimum Gasteiger partial charge on any atom is -0.365 e. The third-order valence-corrected chi connectivity index (χ3v) is 7.50. The molecule has 9 nitrogen and oxygen atoms in total. The standard InChI is InChI=1S/C19H25N5O4SSi/c1-30(2,3)9-8-28-12-23-11-16(21-22-23)13-4-6-14(7-5-13)17-10-15(18(20)25)19(29-17)24(26)27/h4-7,10,16H,8-9,11-12H2,1-3H3,(H2,20,25). The molecule has 2 N–H and O–H groups in total. The number of thiophene rings is 1. The SMILES string of the molecule is C[Si](C)(C)CCOCN1CC(c2ccc(-c3cc(C(N)=O)c([N+](=O)[O-])s3)cc2)N=N1. The van der Waals surface area contributed by atoms with E-state index in [4.69, 9.17) is 10.5 Å². The first kappa shape index (κ1) is 22.1. The first-order valence-corrected chi connectivity index (χ1v) is 14.1. The van der Waals surface area contributed by atoms with Crippen LogP contribution < -0.4 is 5.73 Å². The third kappa shape index (κ3) is 5.49. The number of nitro groups is 1. The molecule has 1 unspecified atom stereocenters. The van der Waals surface area contributed by atoms with Gasteiger partial charge in [0.2, 0.25) is 0 Å².